The number of carbonyl (C=O) groups is 1. The monoisotopic (exact) mass is 280 g/mol. The van der Waals surface area contributed by atoms with Crippen LogP contribution >= 0.6 is 11.6 Å². The standard InChI is InChI=1S/C14H18BClO3/c1-13(2)14(3,4)19-15(18-13)12-9-11(16)6-5-10(12)7-8-17/h5-6,8-9H,7H2,1-4H3. The van der Waals surface area contributed by atoms with E-state index >= 15 is 0 Å². The van der Waals surface area contributed by atoms with Gasteiger partial charge in [0.15, 0.2) is 0 Å². The van der Waals surface area contributed by atoms with Crippen molar-refractivity contribution >= 4 is 30.5 Å². The summed E-state index contributed by atoms with van der Waals surface area (Å²) in [6.07, 6.45) is 1.20. The van der Waals surface area contributed by atoms with E-state index in [1.807, 2.05) is 39.8 Å². The Kier molecular flexibility index (Phi) is 3.78. The van der Waals surface area contributed by atoms with Crippen LogP contribution in [0.25, 0.3) is 0 Å². The number of carbonyl (C=O) groups excluding carboxylic acids is 1. The quantitative estimate of drug-likeness (QED) is 0.630. The van der Waals surface area contributed by atoms with E-state index in [0.717, 1.165) is 17.3 Å². The average molecular weight is 281 g/mol. The van der Waals surface area contributed by atoms with Crippen LogP contribution in [-0.4, -0.2) is 24.6 Å². The molecular formula is C14H18BClO3. The molecule has 0 amide bonds. The predicted molar refractivity (Wildman–Crippen MR) is 76.9 cm³/mol. The summed E-state index contributed by atoms with van der Waals surface area (Å²) >= 11 is 6.04. The molecule has 1 aliphatic rings. The second-order valence-electron chi connectivity index (χ2n) is 5.80. The average Bonchev–Trinajstić information content (AvgIpc) is 2.51. The van der Waals surface area contributed by atoms with Crippen LogP contribution in [0.3, 0.4) is 0 Å². The minimum Gasteiger partial charge on any atom is -0.399 e. The molecular weight excluding hydrogens is 262 g/mol. The Hall–Kier alpha value is -0.835. The van der Waals surface area contributed by atoms with E-state index in [1.165, 1.54) is 0 Å². The van der Waals surface area contributed by atoms with Crippen LogP contribution in [-0.2, 0) is 20.5 Å². The lowest BCUT2D eigenvalue weighted by atomic mass is 9.75. The van der Waals surface area contributed by atoms with Crippen LogP contribution in [0.15, 0.2) is 18.2 Å². The lowest BCUT2D eigenvalue weighted by molar-refractivity contribution is -0.107. The van der Waals surface area contributed by atoms with Gasteiger partial charge in [-0.2, -0.15) is 0 Å². The zero-order valence-corrected chi connectivity index (χ0v) is 12.5. The molecule has 0 N–H and O–H groups in total. The number of aldehydes is 1. The fourth-order valence-electron chi connectivity index (χ4n) is 2.03. The summed E-state index contributed by atoms with van der Waals surface area (Å²) in [4.78, 5) is 10.8. The van der Waals surface area contributed by atoms with Crippen LogP contribution in [0.4, 0.5) is 0 Å². The number of hydrogen-bond donors (Lipinski definition) is 0. The van der Waals surface area contributed by atoms with E-state index in [1.54, 1.807) is 6.07 Å². The summed E-state index contributed by atoms with van der Waals surface area (Å²) in [5, 5.41) is 0.611. The molecule has 0 aliphatic carbocycles. The van der Waals surface area contributed by atoms with Crippen molar-refractivity contribution in [3.05, 3.63) is 28.8 Å². The number of benzene rings is 1. The first-order chi connectivity index (χ1) is 8.77. The van der Waals surface area contributed by atoms with Gasteiger partial charge < -0.3 is 14.1 Å². The summed E-state index contributed by atoms with van der Waals surface area (Å²) in [5.74, 6) is 0. The highest BCUT2D eigenvalue weighted by Crippen LogP contribution is 2.36. The molecule has 0 bridgehead atoms. The third-order valence-corrected chi connectivity index (χ3v) is 4.15. The molecule has 1 aromatic carbocycles. The molecule has 0 unspecified atom stereocenters. The first-order valence-electron chi connectivity index (χ1n) is 6.34. The van der Waals surface area contributed by atoms with Crippen molar-refractivity contribution in [2.45, 2.75) is 45.3 Å². The third kappa shape index (κ3) is 2.71. The van der Waals surface area contributed by atoms with Gasteiger partial charge in [-0.3, -0.25) is 0 Å². The van der Waals surface area contributed by atoms with Gasteiger partial charge in [0.25, 0.3) is 0 Å². The van der Waals surface area contributed by atoms with Gasteiger partial charge in [-0.05, 0) is 50.9 Å². The first kappa shape index (κ1) is 14.6. The maximum absolute atomic E-state index is 10.8. The van der Waals surface area contributed by atoms with Gasteiger partial charge in [0, 0.05) is 11.4 Å². The molecule has 102 valence electrons. The maximum Gasteiger partial charge on any atom is 0.495 e. The Labute approximate surface area is 119 Å². The smallest absolute Gasteiger partial charge is 0.399 e. The van der Waals surface area contributed by atoms with Gasteiger partial charge in [-0.1, -0.05) is 17.7 Å². The normalized spacial score (nSPS) is 20.6. The molecule has 3 nitrogen and oxygen atoms in total. The first-order valence-corrected chi connectivity index (χ1v) is 6.72. The van der Waals surface area contributed by atoms with Crippen molar-refractivity contribution in [3.8, 4) is 0 Å². The van der Waals surface area contributed by atoms with E-state index < -0.39 is 18.3 Å². The molecule has 2 rings (SSSR count). The molecule has 0 saturated carbocycles. The van der Waals surface area contributed by atoms with Crippen molar-refractivity contribution in [2.24, 2.45) is 0 Å². The Balaban J connectivity index is 2.38. The summed E-state index contributed by atoms with van der Waals surface area (Å²) in [7, 11) is -0.487. The zero-order valence-electron chi connectivity index (χ0n) is 11.7. The minimum absolute atomic E-state index is 0.330. The summed E-state index contributed by atoms with van der Waals surface area (Å²) in [6.45, 7) is 7.99. The fraction of sp³-hybridized carbons (Fsp3) is 0.500. The van der Waals surface area contributed by atoms with E-state index in [9.17, 15) is 4.79 Å². The molecule has 1 fully saturated rings. The van der Waals surface area contributed by atoms with Gasteiger partial charge in [0.1, 0.15) is 6.29 Å². The van der Waals surface area contributed by atoms with E-state index in [4.69, 9.17) is 20.9 Å². The number of halogens is 1. The zero-order chi connectivity index (χ0) is 14.3. The summed E-state index contributed by atoms with van der Waals surface area (Å²) in [5.41, 5.74) is 0.910. The lowest BCUT2D eigenvalue weighted by Gasteiger charge is -2.32. The van der Waals surface area contributed by atoms with E-state index in [-0.39, 0.29) is 0 Å². The molecule has 0 aromatic heterocycles. The maximum atomic E-state index is 10.8. The molecule has 5 heteroatoms. The highest BCUT2D eigenvalue weighted by atomic mass is 35.5. The molecule has 1 aromatic rings. The van der Waals surface area contributed by atoms with Crippen LogP contribution < -0.4 is 5.46 Å². The van der Waals surface area contributed by atoms with Gasteiger partial charge in [0.2, 0.25) is 0 Å². The fourth-order valence-corrected chi connectivity index (χ4v) is 2.21. The van der Waals surface area contributed by atoms with Crippen molar-refractivity contribution in [3.63, 3.8) is 0 Å². The van der Waals surface area contributed by atoms with Gasteiger partial charge in [-0.25, -0.2) is 0 Å². The predicted octanol–water partition coefficient (Wildman–Crippen LogP) is 2.38. The van der Waals surface area contributed by atoms with E-state index in [2.05, 4.69) is 0 Å². The Bertz CT molecular complexity index is 483. The highest BCUT2D eigenvalue weighted by Gasteiger charge is 2.52. The van der Waals surface area contributed by atoms with Crippen molar-refractivity contribution < 1.29 is 14.1 Å². The Morgan fingerprint density at radius 3 is 2.32 bits per heavy atom. The second kappa shape index (κ2) is 4.93. The number of rotatable bonds is 3. The highest BCUT2D eigenvalue weighted by molar-refractivity contribution is 6.63. The van der Waals surface area contributed by atoms with Gasteiger partial charge in [0.05, 0.1) is 11.2 Å². The topological polar surface area (TPSA) is 35.5 Å². The Morgan fingerprint density at radius 1 is 1.21 bits per heavy atom. The van der Waals surface area contributed by atoms with Crippen LogP contribution in [0.5, 0.6) is 0 Å². The van der Waals surface area contributed by atoms with Crippen LogP contribution in [0.1, 0.15) is 33.3 Å². The van der Waals surface area contributed by atoms with Gasteiger partial charge in [-0.15, -0.1) is 0 Å². The number of hydrogen-bond acceptors (Lipinski definition) is 3. The van der Waals surface area contributed by atoms with Crippen LogP contribution in [0.2, 0.25) is 5.02 Å². The third-order valence-electron chi connectivity index (χ3n) is 3.92. The van der Waals surface area contributed by atoms with Gasteiger partial charge >= 0.3 is 7.12 Å². The molecule has 19 heavy (non-hydrogen) atoms. The van der Waals surface area contributed by atoms with Crippen molar-refractivity contribution in [2.75, 3.05) is 0 Å². The second-order valence-corrected chi connectivity index (χ2v) is 6.24. The molecule has 0 atom stereocenters. The lowest BCUT2D eigenvalue weighted by Crippen LogP contribution is -2.41. The van der Waals surface area contributed by atoms with Crippen molar-refractivity contribution in [1.29, 1.82) is 0 Å². The summed E-state index contributed by atoms with van der Waals surface area (Å²) in [6, 6.07) is 5.43. The molecule has 0 spiro atoms. The van der Waals surface area contributed by atoms with E-state index in [0.29, 0.717) is 11.4 Å². The van der Waals surface area contributed by atoms with Crippen molar-refractivity contribution in [1.82, 2.24) is 0 Å². The molecule has 1 heterocycles. The minimum atomic E-state index is -0.487. The van der Waals surface area contributed by atoms with Crippen LogP contribution in [0, 0.1) is 0 Å². The molecule has 0 radical (unpaired) electrons. The molecule has 1 saturated heterocycles. The summed E-state index contributed by atoms with van der Waals surface area (Å²) < 4.78 is 12.0. The molecule has 1 aliphatic heterocycles. The largest absolute Gasteiger partial charge is 0.495 e. The SMILES string of the molecule is CC1(C)OB(c2cc(Cl)ccc2CC=O)OC1(C)C. The Morgan fingerprint density at radius 2 is 1.79 bits per heavy atom.